The van der Waals surface area contributed by atoms with Crippen molar-refractivity contribution in [2.45, 2.75) is 44.6 Å². The molecule has 1 N–H and O–H groups in total. The van der Waals surface area contributed by atoms with Gasteiger partial charge in [0.05, 0.1) is 0 Å². The van der Waals surface area contributed by atoms with Crippen molar-refractivity contribution in [3.63, 3.8) is 0 Å². The molecule has 108 valence electrons. The van der Waals surface area contributed by atoms with Gasteiger partial charge in [0.1, 0.15) is 0 Å². The van der Waals surface area contributed by atoms with Crippen LogP contribution in [0.15, 0.2) is 18.2 Å². The molecule has 3 atom stereocenters. The second-order valence-corrected chi connectivity index (χ2v) is 6.86. The Balaban J connectivity index is 1.52. The van der Waals surface area contributed by atoms with Crippen molar-refractivity contribution in [3.05, 3.63) is 33.8 Å². The summed E-state index contributed by atoms with van der Waals surface area (Å²) >= 11 is 12.2. The summed E-state index contributed by atoms with van der Waals surface area (Å²) in [5.41, 5.74) is 0.874. The quantitative estimate of drug-likeness (QED) is 0.885. The summed E-state index contributed by atoms with van der Waals surface area (Å²) < 4.78 is 0. The van der Waals surface area contributed by atoms with Gasteiger partial charge >= 0.3 is 0 Å². The molecule has 0 aromatic heterocycles. The smallest absolute Gasteiger partial charge is 0.220 e. The van der Waals surface area contributed by atoms with Crippen LogP contribution in [0.25, 0.3) is 0 Å². The van der Waals surface area contributed by atoms with Gasteiger partial charge in [-0.05, 0) is 55.2 Å². The average molecular weight is 312 g/mol. The lowest BCUT2D eigenvalue weighted by atomic mass is 9.95. The molecule has 1 aromatic rings. The highest BCUT2D eigenvalue weighted by molar-refractivity contribution is 6.36. The van der Waals surface area contributed by atoms with Crippen molar-refractivity contribution >= 4 is 29.1 Å². The molecule has 2 nitrogen and oxygen atoms in total. The second kappa shape index (κ2) is 5.95. The zero-order valence-corrected chi connectivity index (χ0v) is 12.9. The van der Waals surface area contributed by atoms with Crippen LogP contribution in [0.3, 0.4) is 0 Å². The Morgan fingerprint density at radius 1 is 1.20 bits per heavy atom. The zero-order chi connectivity index (χ0) is 14.1. The van der Waals surface area contributed by atoms with Crippen LogP contribution in [0.5, 0.6) is 0 Å². The van der Waals surface area contributed by atoms with Gasteiger partial charge in [0, 0.05) is 22.5 Å². The number of hydrogen-bond donors (Lipinski definition) is 1. The van der Waals surface area contributed by atoms with Gasteiger partial charge in [0.2, 0.25) is 5.91 Å². The molecule has 1 amide bonds. The van der Waals surface area contributed by atoms with Crippen LogP contribution in [0.1, 0.15) is 37.7 Å². The Bertz CT molecular complexity index is 497. The molecular formula is C16H19Cl2NO. The van der Waals surface area contributed by atoms with E-state index in [1.54, 1.807) is 0 Å². The van der Waals surface area contributed by atoms with Gasteiger partial charge in [-0.3, -0.25) is 4.79 Å². The minimum Gasteiger partial charge on any atom is -0.353 e. The van der Waals surface area contributed by atoms with E-state index in [1.807, 2.05) is 18.2 Å². The molecule has 3 rings (SSSR count). The standard InChI is InChI=1S/C16H19Cl2NO/c17-13-2-1-3-14(18)12(13)6-7-16(20)19-15-9-10-4-5-11(15)8-10/h1-3,10-11,15H,4-9H2,(H,19,20)/t10-,11+,15+/m0/s1. The van der Waals surface area contributed by atoms with Gasteiger partial charge in [-0.2, -0.15) is 0 Å². The van der Waals surface area contributed by atoms with E-state index in [2.05, 4.69) is 5.32 Å². The molecule has 20 heavy (non-hydrogen) atoms. The Hall–Kier alpha value is -0.730. The predicted molar refractivity (Wildman–Crippen MR) is 82.2 cm³/mol. The van der Waals surface area contributed by atoms with Gasteiger partial charge in [-0.25, -0.2) is 0 Å². The molecule has 0 unspecified atom stereocenters. The van der Waals surface area contributed by atoms with Gasteiger partial charge in [0.25, 0.3) is 0 Å². The fourth-order valence-electron chi connectivity index (χ4n) is 3.71. The number of hydrogen-bond acceptors (Lipinski definition) is 1. The van der Waals surface area contributed by atoms with E-state index < -0.39 is 0 Å². The summed E-state index contributed by atoms with van der Waals surface area (Å²) in [6, 6.07) is 5.86. The summed E-state index contributed by atoms with van der Waals surface area (Å²) in [6.07, 6.45) is 6.17. The monoisotopic (exact) mass is 311 g/mol. The maximum Gasteiger partial charge on any atom is 0.220 e. The summed E-state index contributed by atoms with van der Waals surface area (Å²) in [5.74, 6) is 1.69. The maximum atomic E-state index is 12.1. The van der Waals surface area contributed by atoms with E-state index in [0.717, 1.165) is 11.5 Å². The van der Waals surface area contributed by atoms with Crippen molar-refractivity contribution in [2.75, 3.05) is 0 Å². The van der Waals surface area contributed by atoms with Crippen molar-refractivity contribution < 1.29 is 4.79 Å². The predicted octanol–water partition coefficient (Wildman–Crippen LogP) is 4.23. The first-order chi connectivity index (χ1) is 9.63. The number of halogens is 2. The van der Waals surface area contributed by atoms with Crippen LogP contribution < -0.4 is 5.32 Å². The largest absolute Gasteiger partial charge is 0.353 e. The summed E-state index contributed by atoms with van der Waals surface area (Å²) in [6.45, 7) is 0. The van der Waals surface area contributed by atoms with Crippen molar-refractivity contribution in [3.8, 4) is 0 Å². The SMILES string of the molecule is O=C(CCc1c(Cl)cccc1Cl)N[C@@H]1C[C@H]2CC[C@@H]1C2. The molecule has 0 aliphatic heterocycles. The first kappa shape index (κ1) is 14.2. The lowest BCUT2D eigenvalue weighted by Crippen LogP contribution is -2.38. The third kappa shape index (κ3) is 2.96. The number of nitrogens with one attached hydrogen (secondary N) is 1. The number of amides is 1. The van der Waals surface area contributed by atoms with E-state index in [-0.39, 0.29) is 5.91 Å². The molecule has 0 spiro atoms. The van der Waals surface area contributed by atoms with Crippen molar-refractivity contribution in [2.24, 2.45) is 11.8 Å². The molecule has 0 radical (unpaired) electrons. The Labute approximate surface area is 129 Å². The molecule has 2 aliphatic carbocycles. The minimum absolute atomic E-state index is 0.124. The fourth-order valence-corrected chi connectivity index (χ4v) is 4.30. The number of rotatable bonds is 4. The highest BCUT2D eigenvalue weighted by atomic mass is 35.5. The van der Waals surface area contributed by atoms with Gasteiger partial charge in [-0.1, -0.05) is 35.7 Å². The van der Waals surface area contributed by atoms with Crippen LogP contribution in [0.4, 0.5) is 0 Å². The van der Waals surface area contributed by atoms with Gasteiger partial charge in [-0.15, -0.1) is 0 Å². The minimum atomic E-state index is 0.124. The molecule has 0 saturated heterocycles. The molecule has 4 heteroatoms. The van der Waals surface area contributed by atoms with Crippen LogP contribution in [-0.4, -0.2) is 11.9 Å². The third-order valence-electron chi connectivity index (χ3n) is 4.75. The number of benzene rings is 1. The van der Waals surface area contributed by atoms with Crippen LogP contribution in [0.2, 0.25) is 10.0 Å². The summed E-state index contributed by atoms with van der Waals surface area (Å²) in [4.78, 5) is 12.1. The molecule has 2 saturated carbocycles. The Kier molecular flexibility index (Phi) is 4.23. The first-order valence-corrected chi connectivity index (χ1v) is 8.11. The van der Waals surface area contributed by atoms with Crippen LogP contribution in [0, 0.1) is 11.8 Å². The van der Waals surface area contributed by atoms with Crippen LogP contribution >= 0.6 is 23.2 Å². The van der Waals surface area contributed by atoms with E-state index >= 15 is 0 Å². The van der Waals surface area contributed by atoms with Crippen molar-refractivity contribution in [1.82, 2.24) is 5.32 Å². The second-order valence-electron chi connectivity index (χ2n) is 6.05. The van der Waals surface area contributed by atoms with E-state index in [1.165, 1.54) is 25.7 Å². The molecule has 2 bridgehead atoms. The van der Waals surface area contributed by atoms with E-state index in [0.29, 0.717) is 34.8 Å². The van der Waals surface area contributed by atoms with Gasteiger partial charge < -0.3 is 5.32 Å². The Morgan fingerprint density at radius 2 is 1.95 bits per heavy atom. The van der Waals surface area contributed by atoms with Crippen molar-refractivity contribution in [1.29, 1.82) is 0 Å². The molecular weight excluding hydrogens is 293 g/mol. The lowest BCUT2D eigenvalue weighted by molar-refractivity contribution is -0.122. The molecule has 1 aromatic carbocycles. The van der Waals surface area contributed by atoms with Crippen LogP contribution in [-0.2, 0) is 11.2 Å². The highest BCUT2D eigenvalue weighted by Crippen LogP contribution is 2.44. The number of carbonyl (C=O) groups excluding carboxylic acids is 1. The summed E-state index contributed by atoms with van der Waals surface area (Å²) in [7, 11) is 0. The zero-order valence-electron chi connectivity index (χ0n) is 11.4. The first-order valence-electron chi connectivity index (χ1n) is 7.35. The number of fused-ring (bicyclic) bond motifs is 2. The van der Waals surface area contributed by atoms with E-state index in [9.17, 15) is 4.79 Å². The maximum absolute atomic E-state index is 12.1. The molecule has 2 aliphatic rings. The third-order valence-corrected chi connectivity index (χ3v) is 5.46. The normalized spacial score (nSPS) is 27.8. The van der Waals surface area contributed by atoms with Gasteiger partial charge in [0.15, 0.2) is 0 Å². The highest BCUT2D eigenvalue weighted by Gasteiger charge is 2.39. The fraction of sp³-hybridized carbons (Fsp3) is 0.562. The average Bonchev–Trinajstić information content (AvgIpc) is 3.00. The van der Waals surface area contributed by atoms with E-state index in [4.69, 9.17) is 23.2 Å². The number of carbonyl (C=O) groups is 1. The Morgan fingerprint density at radius 3 is 2.55 bits per heavy atom. The lowest BCUT2D eigenvalue weighted by Gasteiger charge is -2.23. The molecule has 0 heterocycles. The molecule has 2 fully saturated rings. The topological polar surface area (TPSA) is 29.1 Å². The summed E-state index contributed by atoms with van der Waals surface area (Å²) in [5, 5.41) is 4.48.